The number of nitrogens with one attached hydrogen (secondary N) is 1. The minimum absolute atomic E-state index is 0.0314. The molecule has 1 N–H and O–H groups in total. The zero-order valence-electron chi connectivity index (χ0n) is 12.5. The third kappa shape index (κ3) is 2.78. The van der Waals surface area contributed by atoms with E-state index in [1.165, 1.54) is 11.1 Å². The molecule has 112 valence electrons. The van der Waals surface area contributed by atoms with Crippen molar-refractivity contribution in [3.8, 4) is 0 Å². The van der Waals surface area contributed by atoms with Crippen LogP contribution in [0.3, 0.4) is 0 Å². The number of amides is 2. The van der Waals surface area contributed by atoms with E-state index >= 15 is 0 Å². The van der Waals surface area contributed by atoms with Crippen molar-refractivity contribution in [2.45, 2.75) is 32.5 Å². The van der Waals surface area contributed by atoms with Gasteiger partial charge in [0.25, 0.3) is 0 Å². The van der Waals surface area contributed by atoms with E-state index in [0.717, 1.165) is 13.1 Å². The van der Waals surface area contributed by atoms with Gasteiger partial charge in [-0.1, -0.05) is 29.8 Å². The third-order valence-corrected chi connectivity index (χ3v) is 4.27. The number of hydrogen-bond acceptors (Lipinski definition) is 3. The molecule has 0 radical (unpaired) electrons. The molecule has 1 aromatic rings. The molecule has 2 fully saturated rings. The number of hydrogen-bond donors (Lipinski definition) is 1. The van der Waals surface area contributed by atoms with Crippen molar-refractivity contribution in [2.75, 3.05) is 19.6 Å². The van der Waals surface area contributed by atoms with Gasteiger partial charge in [0.2, 0.25) is 11.8 Å². The van der Waals surface area contributed by atoms with E-state index < -0.39 is 6.04 Å². The molecule has 21 heavy (non-hydrogen) atoms. The quantitative estimate of drug-likeness (QED) is 0.863. The second-order valence-electron chi connectivity index (χ2n) is 6.00. The SMILES string of the molecule is Cc1cccc(CN2CCN3C(=O)[C@H](C)NC(=O)[C@H]3C2)c1. The van der Waals surface area contributed by atoms with Crippen molar-refractivity contribution < 1.29 is 9.59 Å². The molecule has 0 spiro atoms. The Hall–Kier alpha value is -1.88. The summed E-state index contributed by atoms with van der Waals surface area (Å²) in [5.74, 6) is 0.00541. The van der Waals surface area contributed by atoms with Crippen molar-refractivity contribution in [2.24, 2.45) is 0 Å². The summed E-state index contributed by atoms with van der Waals surface area (Å²) in [7, 11) is 0. The summed E-state index contributed by atoms with van der Waals surface area (Å²) in [6.07, 6.45) is 0. The number of rotatable bonds is 2. The summed E-state index contributed by atoms with van der Waals surface area (Å²) in [6.45, 7) is 6.70. The van der Waals surface area contributed by atoms with Crippen LogP contribution < -0.4 is 5.32 Å². The summed E-state index contributed by atoms with van der Waals surface area (Å²) < 4.78 is 0. The van der Waals surface area contributed by atoms with E-state index in [1.807, 2.05) is 0 Å². The van der Waals surface area contributed by atoms with Crippen molar-refractivity contribution in [3.63, 3.8) is 0 Å². The van der Waals surface area contributed by atoms with Crippen LogP contribution in [0.25, 0.3) is 0 Å². The van der Waals surface area contributed by atoms with E-state index in [4.69, 9.17) is 0 Å². The van der Waals surface area contributed by atoms with Crippen molar-refractivity contribution in [3.05, 3.63) is 35.4 Å². The highest BCUT2D eigenvalue weighted by Gasteiger charge is 2.41. The highest BCUT2D eigenvalue weighted by molar-refractivity contribution is 5.97. The molecule has 0 unspecified atom stereocenters. The maximum atomic E-state index is 12.1. The summed E-state index contributed by atoms with van der Waals surface area (Å²) in [6, 6.07) is 7.67. The number of aryl methyl sites for hydroxylation is 1. The molecular formula is C16H21N3O2. The van der Waals surface area contributed by atoms with Crippen LogP contribution in [0.4, 0.5) is 0 Å². The smallest absolute Gasteiger partial charge is 0.245 e. The van der Waals surface area contributed by atoms with Crippen LogP contribution in [0.15, 0.2) is 24.3 Å². The van der Waals surface area contributed by atoms with E-state index in [1.54, 1.807) is 11.8 Å². The minimum atomic E-state index is -0.392. The van der Waals surface area contributed by atoms with Crippen molar-refractivity contribution in [1.82, 2.24) is 15.1 Å². The highest BCUT2D eigenvalue weighted by atomic mass is 16.2. The summed E-state index contributed by atoms with van der Waals surface area (Å²) in [4.78, 5) is 28.2. The number of carbonyl (C=O) groups excluding carboxylic acids is 2. The molecule has 2 amide bonds. The van der Waals surface area contributed by atoms with Crippen LogP contribution >= 0.6 is 0 Å². The van der Waals surface area contributed by atoms with Crippen LogP contribution in [0.1, 0.15) is 18.1 Å². The average Bonchev–Trinajstić information content (AvgIpc) is 2.45. The predicted octanol–water partition coefficient (Wildman–Crippen LogP) is 0.526. The number of benzene rings is 1. The number of fused-ring (bicyclic) bond motifs is 1. The lowest BCUT2D eigenvalue weighted by Gasteiger charge is -2.44. The maximum absolute atomic E-state index is 12.1. The second-order valence-corrected chi connectivity index (χ2v) is 6.00. The van der Waals surface area contributed by atoms with E-state index in [9.17, 15) is 9.59 Å². The van der Waals surface area contributed by atoms with Crippen LogP contribution in [-0.2, 0) is 16.1 Å². The van der Waals surface area contributed by atoms with Gasteiger partial charge in [0, 0.05) is 26.2 Å². The Bertz CT molecular complexity index is 572. The van der Waals surface area contributed by atoms with Crippen molar-refractivity contribution in [1.29, 1.82) is 0 Å². The molecule has 2 aliphatic rings. The first kappa shape index (κ1) is 14.1. The second kappa shape index (κ2) is 5.48. The zero-order valence-corrected chi connectivity index (χ0v) is 12.5. The van der Waals surface area contributed by atoms with Gasteiger partial charge in [-0.2, -0.15) is 0 Å². The Balaban J connectivity index is 1.69. The standard InChI is InChI=1S/C16H21N3O2/c1-11-4-3-5-13(8-11)9-18-6-7-19-14(10-18)15(20)17-12(2)16(19)21/h3-5,8,12,14H,6-7,9-10H2,1-2H3,(H,17,20)/t12-,14+/m0/s1. The Labute approximate surface area is 124 Å². The van der Waals surface area contributed by atoms with Gasteiger partial charge in [0.05, 0.1) is 0 Å². The number of nitrogens with zero attached hydrogens (tertiary/aromatic N) is 2. The van der Waals surface area contributed by atoms with Gasteiger partial charge in [-0.05, 0) is 19.4 Å². The van der Waals surface area contributed by atoms with Crippen molar-refractivity contribution >= 4 is 11.8 Å². The molecule has 0 saturated carbocycles. The maximum Gasteiger partial charge on any atom is 0.245 e. The fourth-order valence-corrected chi connectivity index (χ4v) is 3.16. The number of carbonyl (C=O) groups is 2. The molecule has 5 nitrogen and oxygen atoms in total. The lowest BCUT2D eigenvalue weighted by molar-refractivity contribution is -0.152. The first-order valence-corrected chi connectivity index (χ1v) is 7.43. The molecule has 2 saturated heterocycles. The fraction of sp³-hybridized carbons (Fsp3) is 0.500. The first-order valence-electron chi connectivity index (χ1n) is 7.43. The van der Waals surface area contributed by atoms with E-state index in [0.29, 0.717) is 13.1 Å². The molecule has 0 aliphatic carbocycles. The molecule has 1 aromatic carbocycles. The Morgan fingerprint density at radius 3 is 2.86 bits per heavy atom. The molecule has 2 atom stereocenters. The molecule has 0 bridgehead atoms. The zero-order chi connectivity index (χ0) is 15.0. The molecule has 5 heteroatoms. The van der Waals surface area contributed by atoms with E-state index in [-0.39, 0.29) is 17.9 Å². The first-order chi connectivity index (χ1) is 10.0. The van der Waals surface area contributed by atoms with Gasteiger partial charge in [-0.3, -0.25) is 14.5 Å². The van der Waals surface area contributed by atoms with Gasteiger partial charge in [0.15, 0.2) is 0 Å². The van der Waals surface area contributed by atoms with Gasteiger partial charge in [-0.15, -0.1) is 0 Å². The van der Waals surface area contributed by atoms with E-state index in [2.05, 4.69) is 41.4 Å². The summed E-state index contributed by atoms with van der Waals surface area (Å²) in [5.41, 5.74) is 2.49. The average molecular weight is 287 g/mol. The fourth-order valence-electron chi connectivity index (χ4n) is 3.16. The lowest BCUT2D eigenvalue weighted by Crippen LogP contribution is -2.68. The monoisotopic (exact) mass is 287 g/mol. The Kier molecular flexibility index (Phi) is 3.68. The van der Waals surface area contributed by atoms with Gasteiger partial charge in [-0.25, -0.2) is 0 Å². The predicted molar refractivity (Wildman–Crippen MR) is 79.6 cm³/mol. The van der Waals surface area contributed by atoms with Crippen LogP contribution in [0, 0.1) is 6.92 Å². The third-order valence-electron chi connectivity index (χ3n) is 4.27. The largest absolute Gasteiger partial charge is 0.343 e. The van der Waals surface area contributed by atoms with Gasteiger partial charge < -0.3 is 10.2 Å². The Morgan fingerprint density at radius 1 is 1.29 bits per heavy atom. The van der Waals surface area contributed by atoms with Crippen LogP contribution in [-0.4, -0.2) is 53.3 Å². The normalized spacial score (nSPS) is 26.5. The van der Waals surface area contributed by atoms with Gasteiger partial charge >= 0.3 is 0 Å². The molecule has 0 aromatic heterocycles. The lowest BCUT2D eigenvalue weighted by atomic mass is 10.0. The molecule has 3 rings (SSSR count). The molecule has 2 aliphatic heterocycles. The summed E-state index contributed by atoms with van der Waals surface area (Å²) in [5, 5.41) is 2.76. The Morgan fingerprint density at radius 2 is 2.10 bits per heavy atom. The minimum Gasteiger partial charge on any atom is -0.343 e. The molecular weight excluding hydrogens is 266 g/mol. The van der Waals surface area contributed by atoms with Crippen LogP contribution in [0.5, 0.6) is 0 Å². The van der Waals surface area contributed by atoms with Crippen LogP contribution in [0.2, 0.25) is 0 Å². The highest BCUT2D eigenvalue weighted by Crippen LogP contribution is 2.18. The number of piperazine rings is 2. The topological polar surface area (TPSA) is 52.6 Å². The summed E-state index contributed by atoms with van der Waals surface area (Å²) >= 11 is 0. The molecule has 2 heterocycles. The van der Waals surface area contributed by atoms with Gasteiger partial charge in [0.1, 0.15) is 12.1 Å².